The van der Waals surface area contributed by atoms with Crippen LogP contribution >= 0.6 is 11.6 Å². The van der Waals surface area contributed by atoms with Crippen molar-refractivity contribution in [2.45, 2.75) is 60.1 Å². The SMILES string of the molecule is CC1(C)C(NC(=O)c2cnc(N3CC[C@H](CO)C(C)(C)C3)nc2)C(C)(C)C1Oc1ccc(C#N)c(Cl)c1. The number of nitriles is 1. The van der Waals surface area contributed by atoms with Crippen molar-refractivity contribution in [3.05, 3.63) is 46.7 Å². The van der Waals surface area contributed by atoms with E-state index in [9.17, 15) is 9.90 Å². The quantitative estimate of drug-likeness (QED) is 0.572. The molecule has 1 saturated carbocycles. The minimum atomic E-state index is -0.358. The lowest BCUT2D eigenvalue weighted by atomic mass is 9.49. The summed E-state index contributed by atoms with van der Waals surface area (Å²) in [6.45, 7) is 14.3. The number of aromatic nitrogens is 2. The van der Waals surface area contributed by atoms with E-state index in [0.29, 0.717) is 27.8 Å². The molecule has 0 unspecified atom stereocenters. The first kappa shape index (κ1) is 27.2. The van der Waals surface area contributed by atoms with Crippen LogP contribution in [0.4, 0.5) is 5.95 Å². The summed E-state index contributed by atoms with van der Waals surface area (Å²) in [5, 5.41) is 22.3. The lowest BCUT2D eigenvalue weighted by Gasteiger charge is -2.63. The zero-order chi connectivity index (χ0) is 27.2. The Morgan fingerprint density at radius 2 is 1.86 bits per heavy atom. The Kier molecular flexibility index (Phi) is 7.17. The van der Waals surface area contributed by atoms with Crippen LogP contribution in [0.5, 0.6) is 5.75 Å². The van der Waals surface area contributed by atoms with Crippen LogP contribution in [-0.4, -0.2) is 52.8 Å². The summed E-state index contributed by atoms with van der Waals surface area (Å²) >= 11 is 6.18. The van der Waals surface area contributed by atoms with Gasteiger partial charge in [-0.2, -0.15) is 5.26 Å². The van der Waals surface area contributed by atoms with Crippen molar-refractivity contribution in [1.29, 1.82) is 5.26 Å². The Bertz CT molecular complexity index is 1190. The first-order valence-electron chi connectivity index (χ1n) is 12.7. The van der Waals surface area contributed by atoms with E-state index in [0.717, 1.165) is 19.5 Å². The monoisotopic (exact) mass is 525 g/mol. The average molecular weight is 526 g/mol. The molecule has 1 saturated heterocycles. The molecule has 37 heavy (non-hydrogen) atoms. The number of ether oxygens (including phenoxy) is 1. The number of halogens is 1. The van der Waals surface area contributed by atoms with Crippen LogP contribution in [0.1, 0.15) is 63.9 Å². The molecule has 2 heterocycles. The molecule has 1 atom stereocenters. The molecule has 2 fully saturated rings. The molecule has 1 aliphatic carbocycles. The molecule has 0 radical (unpaired) electrons. The third kappa shape index (κ3) is 4.99. The lowest BCUT2D eigenvalue weighted by Crippen LogP contribution is -2.74. The Labute approximate surface area is 224 Å². The molecule has 2 aromatic rings. The number of aliphatic hydroxyl groups is 1. The second-order valence-corrected chi connectivity index (χ2v) is 12.6. The molecular formula is C28H36ClN5O3. The summed E-state index contributed by atoms with van der Waals surface area (Å²) in [7, 11) is 0. The minimum Gasteiger partial charge on any atom is -0.489 e. The molecule has 1 aliphatic heterocycles. The molecule has 4 rings (SSSR count). The number of benzene rings is 1. The first-order chi connectivity index (χ1) is 17.3. The Hall–Kier alpha value is -2.89. The van der Waals surface area contributed by atoms with Gasteiger partial charge < -0.3 is 20.1 Å². The molecule has 198 valence electrons. The summed E-state index contributed by atoms with van der Waals surface area (Å²) in [6.07, 6.45) is 3.85. The summed E-state index contributed by atoms with van der Waals surface area (Å²) in [4.78, 5) is 24.2. The van der Waals surface area contributed by atoms with E-state index in [4.69, 9.17) is 21.6 Å². The Balaban J connectivity index is 1.42. The van der Waals surface area contributed by atoms with Crippen LogP contribution in [0.3, 0.4) is 0 Å². The van der Waals surface area contributed by atoms with Crippen LogP contribution in [0, 0.1) is 33.5 Å². The van der Waals surface area contributed by atoms with Crippen LogP contribution in [-0.2, 0) is 0 Å². The molecule has 0 bridgehead atoms. The van der Waals surface area contributed by atoms with Crippen molar-refractivity contribution in [3.8, 4) is 11.8 Å². The number of rotatable bonds is 6. The van der Waals surface area contributed by atoms with Gasteiger partial charge in [0.05, 0.1) is 16.1 Å². The van der Waals surface area contributed by atoms with E-state index in [1.807, 2.05) is 0 Å². The molecule has 1 aromatic heterocycles. The molecule has 1 amide bonds. The summed E-state index contributed by atoms with van der Waals surface area (Å²) in [6, 6.07) is 6.95. The second kappa shape index (κ2) is 9.77. The van der Waals surface area contributed by atoms with Gasteiger partial charge in [0.25, 0.3) is 5.91 Å². The standard InChI is InChI=1S/C28H36ClN5O3/c1-26(2)16-34(10-9-19(26)15-35)25-31-13-18(14-32-25)22(36)33-23-27(3,4)24(28(23,5)6)37-20-8-7-17(12-30)21(29)11-20/h7-8,11,13-14,19,23-24,35H,9-10,15-16H2,1-6H3,(H,33,36)/t19-,23?,24?/m1/s1. The smallest absolute Gasteiger partial charge is 0.254 e. The number of piperidine rings is 1. The molecule has 2 aliphatic rings. The average Bonchev–Trinajstić information content (AvgIpc) is 2.85. The van der Waals surface area contributed by atoms with Gasteiger partial charge in [-0.05, 0) is 29.9 Å². The molecule has 9 heteroatoms. The van der Waals surface area contributed by atoms with Gasteiger partial charge >= 0.3 is 0 Å². The number of anilines is 1. The number of nitrogens with zero attached hydrogens (tertiary/aromatic N) is 4. The largest absolute Gasteiger partial charge is 0.489 e. The zero-order valence-corrected chi connectivity index (χ0v) is 23.1. The lowest BCUT2D eigenvalue weighted by molar-refractivity contribution is -0.164. The molecular weight excluding hydrogens is 490 g/mol. The number of hydrogen-bond acceptors (Lipinski definition) is 7. The third-order valence-electron chi connectivity index (χ3n) is 8.28. The maximum absolute atomic E-state index is 13.2. The molecule has 2 N–H and O–H groups in total. The van der Waals surface area contributed by atoms with Gasteiger partial charge in [-0.1, -0.05) is 53.1 Å². The van der Waals surface area contributed by atoms with E-state index in [1.165, 1.54) is 0 Å². The molecule has 8 nitrogen and oxygen atoms in total. The number of aliphatic hydroxyl groups excluding tert-OH is 1. The summed E-state index contributed by atoms with van der Waals surface area (Å²) in [5.74, 6) is 1.22. The minimum absolute atomic E-state index is 0.0461. The maximum atomic E-state index is 13.2. The Morgan fingerprint density at radius 3 is 2.41 bits per heavy atom. The predicted molar refractivity (Wildman–Crippen MR) is 143 cm³/mol. The van der Waals surface area contributed by atoms with Gasteiger partial charge in [0.1, 0.15) is 17.9 Å². The highest BCUT2D eigenvalue weighted by Crippen LogP contribution is 2.55. The predicted octanol–water partition coefficient (Wildman–Crippen LogP) is 4.46. The normalized spacial score (nSPS) is 25.5. The fourth-order valence-corrected chi connectivity index (χ4v) is 6.54. The van der Waals surface area contributed by atoms with E-state index >= 15 is 0 Å². The number of carbonyl (C=O) groups is 1. The van der Waals surface area contributed by atoms with Crippen LogP contribution < -0.4 is 15.0 Å². The van der Waals surface area contributed by atoms with Crippen molar-refractivity contribution in [2.75, 3.05) is 24.6 Å². The molecule has 0 spiro atoms. The number of amides is 1. The number of carbonyl (C=O) groups excluding carboxylic acids is 1. The number of hydrogen-bond donors (Lipinski definition) is 2. The fourth-order valence-electron chi connectivity index (χ4n) is 6.32. The third-order valence-corrected chi connectivity index (χ3v) is 8.60. The second-order valence-electron chi connectivity index (χ2n) is 12.2. The van der Waals surface area contributed by atoms with Gasteiger partial charge in [-0.25, -0.2) is 9.97 Å². The summed E-state index contributed by atoms with van der Waals surface area (Å²) in [5.41, 5.74) is 0.0440. The fraction of sp³-hybridized carbons (Fsp3) is 0.571. The van der Waals surface area contributed by atoms with Crippen molar-refractivity contribution in [1.82, 2.24) is 15.3 Å². The highest BCUT2D eigenvalue weighted by Gasteiger charge is 2.64. The van der Waals surface area contributed by atoms with E-state index in [-0.39, 0.29) is 46.8 Å². The van der Waals surface area contributed by atoms with Crippen molar-refractivity contribution in [2.24, 2.45) is 22.2 Å². The van der Waals surface area contributed by atoms with Crippen molar-refractivity contribution >= 4 is 23.5 Å². The van der Waals surface area contributed by atoms with Crippen LogP contribution in [0.25, 0.3) is 0 Å². The first-order valence-corrected chi connectivity index (χ1v) is 13.0. The van der Waals surface area contributed by atoms with E-state index in [1.54, 1.807) is 30.6 Å². The van der Waals surface area contributed by atoms with E-state index in [2.05, 4.69) is 67.8 Å². The van der Waals surface area contributed by atoms with Crippen molar-refractivity contribution < 1.29 is 14.6 Å². The van der Waals surface area contributed by atoms with Gasteiger partial charge in [-0.15, -0.1) is 0 Å². The van der Waals surface area contributed by atoms with E-state index < -0.39 is 0 Å². The van der Waals surface area contributed by atoms with Crippen LogP contribution in [0.2, 0.25) is 5.02 Å². The highest BCUT2D eigenvalue weighted by molar-refractivity contribution is 6.31. The summed E-state index contributed by atoms with van der Waals surface area (Å²) < 4.78 is 6.30. The Morgan fingerprint density at radius 1 is 1.22 bits per heavy atom. The zero-order valence-electron chi connectivity index (χ0n) is 22.4. The van der Waals surface area contributed by atoms with Gasteiger partial charge in [0, 0.05) is 55.0 Å². The van der Waals surface area contributed by atoms with Gasteiger partial charge in [-0.3, -0.25) is 4.79 Å². The van der Waals surface area contributed by atoms with Crippen LogP contribution in [0.15, 0.2) is 30.6 Å². The van der Waals surface area contributed by atoms with Gasteiger partial charge in [0.15, 0.2) is 0 Å². The van der Waals surface area contributed by atoms with Crippen molar-refractivity contribution in [3.63, 3.8) is 0 Å². The highest BCUT2D eigenvalue weighted by atomic mass is 35.5. The number of nitrogens with one attached hydrogen (secondary N) is 1. The van der Waals surface area contributed by atoms with Gasteiger partial charge in [0.2, 0.25) is 5.95 Å². The molecule has 1 aromatic carbocycles. The maximum Gasteiger partial charge on any atom is 0.254 e. The topological polar surface area (TPSA) is 111 Å².